The Balaban J connectivity index is 1.48. The van der Waals surface area contributed by atoms with Crippen LogP contribution in [0.2, 0.25) is 0 Å². The number of nitrogens with one attached hydrogen (secondary N) is 1. The number of morpholine rings is 1. The molecule has 2 heterocycles. The van der Waals surface area contributed by atoms with Gasteiger partial charge in [-0.1, -0.05) is 30.3 Å². The van der Waals surface area contributed by atoms with Crippen LogP contribution in [0.15, 0.2) is 36.5 Å². The molecule has 1 aromatic heterocycles. The zero-order valence-electron chi connectivity index (χ0n) is 15.4. The number of rotatable bonds is 5. The first kappa shape index (κ1) is 17.7. The van der Waals surface area contributed by atoms with Gasteiger partial charge in [0.1, 0.15) is 5.69 Å². The minimum Gasteiger partial charge on any atom is -0.378 e. The van der Waals surface area contributed by atoms with Crippen LogP contribution in [0.1, 0.15) is 35.3 Å². The summed E-state index contributed by atoms with van der Waals surface area (Å²) in [6.45, 7) is 4.68. The molecule has 7 heteroatoms. The standard InChI is InChI=1S/C20H24N4O3/c1-2-24-18(20(26)23-8-10-27-11-9-23)17(13-21-24)22-19(25)16-12-15(16)14-6-4-3-5-7-14/h3-7,13,15-16H,2,8-12H2,1H3,(H,22,25). The van der Waals surface area contributed by atoms with E-state index in [2.05, 4.69) is 22.5 Å². The molecule has 1 saturated heterocycles. The highest BCUT2D eigenvalue weighted by Crippen LogP contribution is 2.48. The van der Waals surface area contributed by atoms with E-state index in [1.807, 2.05) is 25.1 Å². The monoisotopic (exact) mass is 368 g/mol. The number of hydrogen-bond acceptors (Lipinski definition) is 4. The maximum atomic E-state index is 13.0. The Hall–Kier alpha value is -2.67. The lowest BCUT2D eigenvalue weighted by atomic mass is 10.1. The summed E-state index contributed by atoms with van der Waals surface area (Å²) < 4.78 is 6.97. The number of carbonyl (C=O) groups excluding carboxylic acids is 2. The van der Waals surface area contributed by atoms with Crippen LogP contribution in [-0.4, -0.2) is 52.8 Å². The fourth-order valence-corrected chi connectivity index (χ4v) is 3.64. The van der Waals surface area contributed by atoms with Crippen LogP contribution in [0, 0.1) is 5.92 Å². The van der Waals surface area contributed by atoms with E-state index in [-0.39, 0.29) is 23.7 Å². The second-order valence-electron chi connectivity index (χ2n) is 6.98. The van der Waals surface area contributed by atoms with Gasteiger partial charge in [0.15, 0.2) is 0 Å². The summed E-state index contributed by atoms with van der Waals surface area (Å²) in [5.41, 5.74) is 2.13. The van der Waals surface area contributed by atoms with Crippen LogP contribution >= 0.6 is 0 Å². The van der Waals surface area contributed by atoms with Crippen LogP contribution in [0.4, 0.5) is 5.69 Å². The normalized spacial score (nSPS) is 21.7. The van der Waals surface area contributed by atoms with E-state index in [0.717, 1.165) is 6.42 Å². The second kappa shape index (κ2) is 7.52. The molecule has 1 saturated carbocycles. The Morgan fingerprint density at radius 1 is 1.22 bits per heavy atom. The van der Waals surface area contributed by atoms with Crippen molar-refractivity contribution >= 4 is 17.5 Å². The molecule has 0 bridgehead atoms. The van der Waals surface area contributed by atoms with E-state index in [1.54, 1.807) is 15.8 Å². The van der Waals surface area contributed by atoms with Gasteiger partial charge >= 0.3 is 0 Å². The average Bonchev–Trinajstić information content (AvgIpc) is 3.43. The van der Waals surface area contributed by atoms with Crippen LogP contribution < -0.4 is 5.32 Å². The molecule has 2 amide bonds. The molecule has 2 aromatic rings. The molecule has 0 spiro atoms. The first-order chi connectivity index (χ1) is 13.2. The highest BCUT2D eigenvalue weighted by molar-refractivity contribution is 6.03. The topological polar surface area (TPSA) is 76.5 Å². The van der Waals surface area contributed by atoms with Gasteiger partial charge in [-0.15, -0.1) is 0 Å². The van der Waals surface area contributed by atoms with E-state index >= 15 is 0 Å². The van der Waals surface area contributed by atoms with Gasteiger partial charge < -0.3 is 15.0 Å². The number of ether oxygens (including phenoxy) is 1. The zero-order valence-corrected chi connectivity index (χ0v) is 15.4. The fourth-order valence-electron chi connectivity index (χ4n) is 3.64. The summed E-state index contributed by atoms with van der Waals surface area (Å²) in [5.74, 6) is 0.0495. The Bertz CT molecular complexity index is 827. The Morgan fingerprint density at radius 3 is 2.67 bits per heavy atom. The predicted molar refractivity (Wildman–Crippen MR) is 101 cm³/mol. The molecule has 2 atom stereocenters. The number of aromatic nitrogens is 2. The third-order valence-electron chi connectivity index (χ3n) is 5.25. The van der Waals surface area contributed by atoms with E-state index in [1.165, 1.54) is 5.56 Å². The molecular weight excluding hydrogens is 344 g/mol. The number of hydrogen-bond donors (Lipinski definition) is 1. The summed E-state index contributed by atoms with van der Waals surface area (Å²) in [5, 5.41) is 7.23. The van der Waals surface area contributed by atoms with Gasteiger partial charge in [-0.3, -0.25) is 14.3 Å². The molecule has 2 fully saturated rings. The molecule has 1 aliphatic heterocycles. The van der Waals surface area contributed by atoms with E-state index in [9.17, 15) is 9.59 Å². The van der Waals surface area contributed by atoms with Crippen molar-refractivity contribution < 1.29 is 14.3 Å². The van der Waals surface area contributed by atoms with E-state index in [4.69, 9.17) is 4.74 Å². The van der Waals surface area contributed by atoms with Crippen molar-refractivity contribution in [1.29, 1.82) is 0 Å². The summed E-state index contributed by atoms with van der Waals surface area (Å²) in [6.07, 6.45) is 2.42. The summed E-state index contributed by atoms with van der Waals surface area (Å²) in [4.78, 5) is 27.4. The van der Waals surface area contributed by atoms with Crippen molar-refractivity contribution in [3.63, 3.8) is 0 Å². The van der Waals surface area contributed by atoms with Crippen molar-refractivity contribution in [3.8, 4) is 0 Å². The molecule has 4 rings (SSSR count). The molecule has 2 unspecified atom stereocenters. The quantitative estimate of drug-likeness (QED) is 0.877. The lowest BCUT2D eigenvalue weighted by Crippen LogP contribution is -2.41. The van der Waals surface area contributed by atoms with Crippen LogP contribution in [-0.2, 0) is 16.1 Å². The molecule has 7 nitrogen and oxygen atoms in total. The Labute approximate surface area is 158 Å². The lowest BCUT2D eigenvalue weighted by molar-refractivity contribution is -0.117. The Morgan fingerprint density at radius 2 is 1.96 bits per heavy atom. The highest BCUT2D eigenvalue weighted by atomic mass is 16.5. The van der Waals surface area contributed by atoms with Gasteiger partial charge in [0.05, 0.1) is 25.1 Å². The van der Waals surface area contributed by atoms with Crippen molar-refractivity contribution in [2.24, 2.45) is 5.92 Å². The third kappa shape index (κ3) is 3.60. The number of anilines is 1. The third-order valence-corrected chi connectivity index (χ3v) is 5.25. The molecule has 142 valence electrons. The highest BCUT2D eigenvalue weighted by Gasteiger charge is 2.44. The number of benzene rings is 1. The van der Waals surface area contributed by atoms with E-state index < -0.39 is 0 Å². The number of nitrogens with zero attached hydrogens (tertiary/aromatic N) is 3. The summed E-state index contributed by atoms with van der Waals surface area (Å²) in [7, 11) is 0. The smallest absolute Gasteiger partial charge is 0.274 e. The number of carbonyl (C=O) groups is 2. The molecule has 2 aliphatic rings. The van der Waals surface area contributed by atoms with Crippen LogP contribution in [0.5, 0.6) is 0 Å². The van der Waals surface area contributed by atoms with Gasteiger partial charge in [0, 0.05) is 25.6 Å². The summed E-state index contributed by atoms with van der Waals surface area (Å²) >= 11 is 0. The van der Waals surface area contributed by atoms with Crippen molar-refractivity contribution in [2.45, 2.75) is 25.8 Å². The molecule has 1 aromatic carbocycles. The first-order valence-corrected chi connectivity index (χ1v) is 9.47. The molecule has 27 heavy (non-hydrogen) atoms. The predicted octanol–water partition coefficient (Wildman–Crippen LogP) is 2.12. The average molecular weight is 368 g/mol. The first-order valence-electron chi connectivity index (χ1n) is 9.47. The number of aryl methyl sites for hydroxylation is 1. The van der Waals surface area contributed by atoms with Crippen LogP contribution in [0.3, 0.4) is 0 Å². The fraction of sp³-hybridized carbons (Fsp3) is 0.450. The molecule has 1 N–H and O–H groups in total. The Kier molecular flexibility index (Phi) is 4.94. The van der Waals surface area contributed by atoms with Crippen LogP contribution in [0.25, 0.3) is 0 Å². The number of amides is 2. The maximum absolute atomic E-state index is 13.0. The SMILES string of the molecule is CCn1ncc(NC(=O)C2CC2c2ccccc2)c1C(=O)N1CCOCC1. The van der Waals surface area contributed by atoms with Crippen molar-refractivity contribution in [2.75, 3.05) is 31.6 Å². The maximum Gasteiger partial charge on any atom is 0.274 e. The van der Waals surface area contributed by atoms with Gasteiger partial charge in [-0.2, -0.15) is 5.10 Å². The van der Waals surface area contributed by atoms with Gasteiger partial charge in [-0.05, 0) is 24.8 Å². The van der Waals surface area contributed by atoms with Gasteiger partial charge in [0.2, 0.25) is 5.91 Å². The van der Waals surface area contributed by atoms with Gasteiger partial charge in [0.25, 0.3) is 5.91 Å². The van der Waals surface area contributed by atoms with Gasteiger partial charge in [-0.25, -0.2) is 0 Å². The van der Waals surface area contributed by atoms with Crippen molar-refractivity contribution in [1.82, 2.24) is 14.7 Å². The zero-order chi connectivity index (χ0) is 18.8. The summed E-state index contributed by atoms with van der Waals surface area (Å²) in [6, 6.07) is 10.1. The minimum atomic E-state index is -0.108. The molecular formula is C20H24N4O3. The minimum absolute atomic E-state index is 0.0458. The van der Waals surface area contributed by atoms with E-state index in [0.29, 0.717) is 44.2 Å². The molecule has 0 radical (unpaired) electrons. The lowest BCUT2D eigenvalue weighted by Gasteiger charge is -2.27. The largest absolute Gasteiger partial charge is 0.378 e. The van der Waals surface area contributed by atoms with Crippen molar-refractivity contribution in [3.05, 3.63) is 47.8 Å². The molecule has 1 aliphatic carbocycles. The second-order valence-corrected chi connectivity index (χ2v) is 6.98.